The fraction of sp³-hybridized carbons (Fsp3) is 0.333. The van der Waals surface area contributed by atoms with Gasteiger partial charge in [-0.05, 0) is 18.6 Å². The molecule has 1 aromatic carbocycles. The van der Waals surface area contributed by atoms with Gasteiger partial charge in [-0.15, -0.1) is 0 Å². The maximum Gasteiger partial charge on any atom is 0.335 e. The Bertz CT molecular complexity index is 419. The summed E-state index contributed by atoms with van der Waals surface area (Å²) in [5.74, 6) is -1.16. The highest BCUT2D eigenvalue weighted by molar-refractivity contribution is 6.00. The molecule has 0 aromatic heterocycles. The van der Waals surface area contributed by atoms with Crippen LogP contribution >= 0.6 is 0 Å². The Hall–Kier alpha value is -1.68. The lowest BCUT2D eigenvalue weighted by Crippen LogP contribution is -2.15. The third-order valence-electron chi connectivity index (χ3n) is 2.69. The Morgan fingerprint density at radius 3 is 2.69 bits per heavy atom. The minimum atomic E-state index is -1.02. The molecular weight excluding hydrogens is 208 g/mol. The summed E-state index contributed by atoms with van der Waals surface area (Å²) in [6.07, 6.45) is 0.718. The number of hydrogen-bond donors (Lipinski definition) is 1. The summed E-state index contributed by atoms with van der Waals surface area (Å²) < 4.78 is 5.14. The smallest absolute Gasteiger partial charge is 0.335 e. The molecule has 1 unspecified atom stereocenters. The van der Waals surface area contributed by atoms with Crippen LogP contribution in [0.3, 0.4) is 0 Å². The number of carbonyl (C=O) groups excluding carboxylic acids is 1. The van der Waals surface area contributed by atoms with Crippen molar-refractivity contribution >= 4 is 11.8 Å². The van der Waals surface area contributed by atoms with Gasteiger partial charge in [0.1, 0.15) is 0 Å². The number of aromatic carboxylic acids is 1. The van der Waals surface area contributed by atoms with Crippen LogP contribution in [0.5, 0.6) is 0 Å². The number of hydrogen-bond acceptors (Lipinski definition) is 3. The average Bonchev–Trinajstić information content (AvgIpc) is 2.81. The lowest BCUT2D eigenvalue weighted by molar-refractivity contribution is 0.0697. The molecule has 0 saturated carbocycles. The molecule has 1 aromatic rings. The predicted octanol–water partition coefficient (Wildman–Crippen LogP) is 1.60. The molecule has 0 aliphatic carbocycles. The molecule has 4 heteroatoms. The summed E-state index contributed by atoms with van der Waals surface area (Å²) in [5.41, 5.74) is 0.597. The van der Waals surface area contributed by atoms with Crippen molar-refractivity contribution in [2.75, 3.05) is 13.2 Å². The maximum atomic E-state index is 11.9. The van der Waals surface area contributed by atoms with Gasteiger partial charge in [0, 0.05) is 18.1 Å². The Morgan fingerprint density at radius 2 is 2.06 bits per heavy atom. The molecule has 0 spiro atoms. The van der Waals surface area contributed by atoms with E-state index in [4.69, 9.17) is 9.84 Å². The molecule has 1 saturated heterocycles. The van der Waals surface area contributed by atoms with Crippen molar-refractivity contribution in [3.8, 4) is 0 Å². The van der Waals surface area contributed by atoms with Gasteiger partial charge in [0.2, 0.25) is 0 Å². The van der Waals surface area contributed by atoms with Crippen molar-refractivity contribution in [2.45, 2.75) is 6.42 Å². The van der Waals surface area contributed by atoms with Crippen LogP contribution in [0.25, 0.3) is 0 Å². The van der Waals surface area contributed by atoms with Gasteiger partial charge in [-0.3, -0.25) is 4.79 Å². The minimum Gasteiger partial charge on any atom is -0.478 e. The highest BCUT2D eigenvalue weighted by atomic mass is 16.5. The van der Waals surface area contributed by atoms with Crippen LogP contribution in [0.1, 0.15) is 27.1 Å². The lowest BCUT2D eigenvalue weighted by atomic mass is 9.96. The lowest BCUT2D eigenvalue weighted by Gasteiger charge is -2.06. The normalized spacial score (nSPS) is 19.6. The first kappa shape index (κ1) is 10.8. The highest BCUT2D eigenvalue weighted by Crippen LogP contribution is 2.19. The van der Waals surface area contributed by atoms with Gasteiger partial charge in [0.05, 0.1) is 12.2 Å². The summed E-state index contributed by atoms with van der Waals surface area (Å²) in [7, 11) is 0. The SMILES string of the molecule is O=C(O)c1cccc(C(=O)C2CCOC2)c1. The average molecular weight is 220 g/mol. The minimum absolute atomic E-state index is 0.0272. The molecule has 1 N–H and O–H groups in total. The monoisotopic (exact) mass is 220 g/mol. The maximum absolute atomic E-state index is 11.9. The largest absolute Gasteiger partial charge is 0.478 e. The summed E-state index contributed by atoms with van der Waals surface area (Å²) in [4.78, 5) is 22.7. The zero-order valence-corrected chi connectivity index (χ0v) is 8.68. The first-order chi connectivity index (χ1) is 7.68. The van der Waals surface area contributed by atoms with Crippen molar-refractivity contribution in [1.29, 1.82) is 0 Å². The molecule has 84 valence electrons. The third-order valence-corrected chi connectivity index (χ3v) is 2.69. The van der Waals surface area contributed by atoms with Crippen LogP contribution in [-0.4, -0.2) is 30.1 Å². The Morgan fingerprint density at radius 1 is 1.31 bits per heavy atom. The van der Waals surface area contributed by atoms with Crippen LogP contribution in [0, 0.1) is 5.92 Å². The van der Waals surface area contributed by atoms with Gasteiger partial charge < -0.3 is 9.84 Å². The van der Waals surface area contributed by atoms with Crippen molar-refractivity contribution in [2.24, 2.45) is 5.92 Å². The quantitative estimate of drug-likeness (QED) is 0.786. The molecule has 1 aliphatic heterocycles. The van der Waals surface area contributed by atoms with E-state index in [1.807, 2.05) is 0 Å². The van der Waals surface area contributed by atoms with Crippen LogP contribution in [0.15, 0.2) is 24.3 Å². The molecule has 1 atom stereocenters. The van der Waals surface area contributed by atoms with Gasteiger partial charge in [0.15, 0.2) is 5.78 Å². The van der Waals surface area contributed by atoms with E-state index in [0.717, 1.165) is 6.42 Å². The van der Waals surface area contributed by atoms with Gasteiger partial charge in [-0.25, -0.2) is 4.79 Å². The van der Waals surface area contributed by atoms with Crippen LogP contribution in [-0.2, 0) is 4.74 Å². The second-order valence-electron chi connectivity index (χ2n) is 3.81. The highest BCUT2D eigenvalue weighted by Gasteiger charge is 2.24. The summed E-state index contributed by atoms with van der Waals surface area (Å²) in [6.45, 7) is 1.05. The Balaban J connectivity index is 2.22. The van der Waals surface area contributed by atoms with Gasteiger partial charge >= 0.3 is 5.97 Å². The number of Topliss-reactive ketones (excluding diaryl/α,β-unsaturated/α-hetero) is 1. The molecule has 2 rings (SSSR count). The van der Waals surface area contributed by atoms with Crippen LogP contribution in [0.2, 0.25) is 0 Å². The van der Waals surface area contributed by atoms with Crippen molar-refractivity contribution in [1.82, 2.24) is 0 Å². The molecule has 0 amide bonds. The molecule has 0 bridgehead atoms. The fourth-order valence-electron chi connectivity index (χ4n) is 1.78. The van der Waals surface area contributed by atoms with Crippen LogP contribution < -0.4 is 0 Å². The Labute approximate surface area is 92.8 Å². The molecule has 0 radical (unpaired) electrons. The number of ketones is 1. The standard InChI is InChI=1S/C12H12O4/c13-11(10-4-5-16-7-10)8-2-1-3-9(6-8)12(14)15/h1-3,6,10H,4-5,7H2,(H,14,15). The van der Waals surface area contributed by atoms with Crippen LogP contribution in [0.4, 0.5) is 0 Å². The van der Waals surface area contributed by atoms with E-state index < -0.39 is 5.97 Å². The summed E-state index contributed by atoms with van der Waals surface area (Å²) >= 11 is 0. The Kier molecular flexibility index (Phi) is 3.01. The summed E-state index contributed by atoms with van der Waals surface area (Å²) in [5, 5.41) is 8.82. The van der Waals surface area contributed by atoms with Gasteiger partial charge in [-0.2, -0.15) is 0 Å². The van der Waals surface area contributed by atoms with E-state index >= 15 is 0 Å². The molecule has 16 heavy (non-hydrogen) atoms. The number of rotatable bonds is 3. The molecule has 1 fully saturated rings. The zero-order valence-electron chi connectivity index (χ0n) is 8.68. The molecule has 1 aliphatic rings. The first-order valence-electron chi connectivity index (χ1n) is 5.14. The second kappa shape index (κ2) is 4.45. The van der Waals surface area contributed by atoms with E-state index in [-0.39, 0.29) is 17.3 Å². The second-order valence-corrected chi connectivity index (χ2v) is 3.81. The van der Waals surface area contributed by atoms with E-state index in [1.165, 1.54) is 12.1 Å². The van der Waals surface area contributed by atoms with Crippen molar-refractivity contribution < 1.29 is 19.4 Å². The van der Waals surface area contributed by atoms with E-state index in [9.17, 15) is 9.59 Å². The molecule has 1 heterocycles. The molecule has 4 nitrogen and oxygen atoms in total. The number of benzene rings is 1. The first-order valence-corrected chi connectivity index (χ1v) is 5.14. The van der Waals surface area contributed by atoms with E-state index in [1.54, 1.807) is 12.1 Å². The number of carbonyl (C=O) groups is 2. The summed E-state index contributed by atoms with van der Waals surface area (Å²) in [6, 6.07) is 6.13. The van der Waals surface area contributed by atoms with E-state index in [2.05, 4.69) is 0 Å². The fourth-order valence-corrected chi connectivity index (χ4v) is 1.78. The van der Waals surface area contributed by atoms with Crippen molar-refractivity contribution in [3.05, 3.63) is 35.4 Å². The third kappa shape index (κ3) is 2.12. The zero-order chi connectivity index (χ0) is 11.5. The van der Waals surface area contributed by atoms with E-state index in [0.29, 0.717) is 18.8 Å². The predicted molar refractivity (Wildman–Crippen MR) is 56.7 cm³/mol. The molecular formula is C12H12O4. The van der Waals surface area contributed by atoms with Crippen molar-refractivity contribution in [3.63, 3.8) is 0 Å². The number of carboxylic acids is 1. The van der Waals surface area contributed by atoms with Gasteiger partial charge in [-0.1, -0.05) is 12.1 Å². The number of ether oxygens (including phenoxy) is 1. The van der Waals surface area contributed by atoms with Gasteiger partial charge in [0.25, 0.3) is 0 Å². The topological polar surface area (TPSA) is 63.6 Å². The number of carboxylic acid groups (broad SMARTS) is 1.